The van der Waals surface area contributed by atoms with Gasteiger partial charge in [-0.3, -0.25) is 9.59 Å². The van der Waals surface area contributed by atoms with Crippen LogP contribution in [-0.4, -0.2) is 18.2 Å². The molecule has 0 aliphatic rings. The van der Waals surface area contributed by atoms with E-state index < -0.39 is 0 Å². The molecule has 1 amide bonds. The summed E-state index contributed by atoms with van der Waals surface area (Å²) in [6.45, 7) is -0.0481. The van der Waals surface area contributed by atoms with Crippen LogP contribution in [0.15, 0.2) is 72.8 Å². The summed E-state index contributed by atoms with van der Waals surface area (Å²) in [7, 11) is 0. The zero-order valence-electron chi connectivity index (χ0n) is 14.8. The van der Waals surface area contributed by atoms with E-state index in [4.69, 9.17) is 16.9 Å². The summed E-state index contributed by atoms with van der Waals surface area (Å²) in [5, 5.41) is 15.1. The number of amides is 1. The topological polar surface area (TPSA) is 82.0 Å². The molecule has 0 saturated carbocycles. The fourth-order valence-electron chi connectivity index (χ4n) is 2.65. The van der Waals surface area contributed by atoms with Crippen LogP contribution in [0.25, 0.3) is 0 Å². The van der Waals surface area contributed by atoms with Crippen molar-refractivity contribution in [3.63, 3.8) is 0 Å². The van der Waals surface area contributed by atoms with Crippen LogP contribution in [0.4, 0.5) is 11.4 Å². The standard InChI is InChI=1S/C22H16ClN3O2/c23-17-9-10-20(19(12-17)22(28)16-6-2-1-3-7-16)25-14-21(27)26-18-8-4-5-15(11-18)13-24/h1-12,25H,14H2,(H,26,27). The van der Waals surface area contributed by atoms with Gasteiger partial charge in [-0.05, 0) is 36.4 Å². The lowest BCUT2D eigenvalue weighted by molar-refractivity contribution is -0.114. The minimum absolute atomic E-state index is 0.0481. The molecule has 0 fully saturated rings. The Labute approximate surface area is 167 Å². The van der Waals surface area contributed by atoms with E-state index in [0.717, 1.165) is 0 Å². The van der Waals surface area contributed by atoms with E-state index in [1.165, 1.54) is 0 Å². The maximum Gasteiger partial charge on any atom is 0.243 e. The predicted octanol–water partition coefficient (Wildman–Crippen LogP) is 4.49. The monoisotopic (exact) mass is 389 g/mol. The first kappa shape index (κ1) is 19.2. The maximum atomic E-state index is 12.8. The molecule has 138 valence electrons. The van der Waals surface area contributed by atoms with Gasteiger partial charge in [-0.1, -0.05) is 48.0 Å². The van der Waals surface area contributed by atoms with E-state index in [0.29, 0.717) is 33.1 Å². The summed E-state index contributed by atoms with van der Waals surface area (Å²) in [6.07, 6.45) is 0. The van der Waals surface area contributed by atoms with Gasteiger partial charge in [0, 0.05) is 27.5 Å². The Morgan fingerprint density at radius 2 is 1.75 bits per heavy atom. The Bertz CT molecular complexity index is 1060. The average molecular weight is 390 g/mol. The number of nitrogens with zero attached hydrogens (tertiary/aromatic N) is 1. The van der Waals surface area contributed by atoms with Gasteiger partial charge in [0.15, 0.2) is 5.78 Å². The molecule has 0 aromatic heterocycles. The minimum atomic E-state index is -0.303. The second-order valence-corrected chi connectivity index (χ2v) is 6.42. The first-order valence-electron chi connectivity index (χ1n) is 8.50. The van der Waals surface area contributed by atoms with Crippen molar-refractivity contribution in [2.24, 2.45) is 0 Å². The highest BCUT2D eigenvalue weighted by molar-refractivity contribution is 6.31. The summed E-state index contributed by atoms with van der Waals surface area (Å²) < 4.78 is 0. The van der Waals surface area contributed by atoms with E-state index >= 15 is 0 Å². The lowest BCUT2D eigenvalue weighted by atomic mass is 10.0. The highest BCUT2D eigenvalue weighted by Crippen LogP contribution is 2.23. The van der Waals surface area contributed by atoms with Crippen molar-refractivity contribution in [3.05, 3.63) is 94.5 Å². The van der Waals surface area contributed by atoms with Gasteiger partial charge >= 0.3 is 0 Å². The Balaban J connectivity index is 1.73. The number of rotatable bonds is 6. The number of halogens is 1. The smallest absolute Gasteiger partial charge is 0.243 e. The van der Waals surface area contributed by atoms with Crippen molar-refractivity contribution in [1.82, 2.24) is 0 Å². The number of carbonyl (C=O) groups is 2. The second kappa shape index (κ2) is 8.85. The zero-order chi connectivity index (χ0) is 19.9. The molecule has 0 aliphatic heterocycles. The molecule has 28 heavy (non-hydrogen) atoms. The van der Waals surface area contributed by atoms with Crippen LogP contribution >= 0.6 is 11.6 Å². The number of anilines is 2. The van der Waals surface area contributed by atoms with E-state index in [-0.39, 0.29) is 18.2 Å². The molecule has 3 aromatic rings. The highest BCUT2D eigenvalue weighted by Gasteiger charge is 2.15. The molecule has 0 unspecified atom stereocenters. The van der Waals surface area contributed by atoms with Crippen molar-refractivity contribution in [2.75, 3.05) is 17.2 Å². The molecule has 0 radical (unpaired) electrons. The first-order valence-corrected chi connectivity index (χ1v) is 8.88. The molecule has 0 spiro atoms. The third-order valence-electron chi connectivity index (χ3n) is 3.98. The maximum absolute atomic E-state index is 12.8. The SMILES string of the molecule is N#Cc1cccc(NC(=O)CNc2ccc(Cl)cc2C(=O)c2ccccc2)c1. The number of hydrogen-bond acceptors (Lipinski definition) is 4. The van der Waals surface area contributed by atoms with Gasteiger partial charge in [-0.2, -0.15) is 5.26 Å². The molecule has 6 heteroatoms. The van der Waals surface area contributed by atoms with Crippen molar-refractivity contribution >= 4 is 34.7 Å². The quantitative estimate of drug-likeness (QED) is 0.608. The lowest BCUT2D eigenvalue weighted by Crippen LogP contribution is -2.22. The Morgan fingerprint density at radius 3 is 2.50 bits per heavy atom. The molecule has 5 nitrogen and oxygen atoms in total. The Morgan fingerprint density at radius 1 is 0.964 bits per heavy atom. The van der Waals surface area contributed by atoms with E-state index in [1.54, 1.807) is 66.7 Å². The second-order valence-electron chi connectivity index (χ2n) is 5.98. The molecular formula is C22H16ClN3O2. The van der Waals surface area contributed by atoms with Crippen LogP contribution in [0.2, 0.25) is 5.02 Å². The number of benzene rings is 3. The predicted molar refractivity (Wildman–Crippen MR) is 110 cm³/mol. The van der Waals surface area contributed by atoms with E-state index in [2.05, 4.69) is 10.6 Å². The fourth-order valence-corrected chi connectivity index (χ4v) is 2.82. The number of hydrogen-bond donors (Lipinski definition) is 2. The van der Waals surface area contributed by atoms with Gasteiger partial charge in [0.2, 0.25) is 5.91 Å². The van der Waals surface area contributed by atoms with Gasteiger partial charge < -0.3 is 10.6 Å². The molecule has 3 aromatic carbocycles. The van der Waals surface area contributed by atoms with Crippen molar-refractivity contribution < 1.29 is 9.59 Å². The molecule has 3 rings (SSSR count). The number of nitrogens with one attached hydrogen (secondary N) is 2. The molecule has 2 N–H and O–H groups in total. The largest absolute Gasteiger partial charge is 0.376 e. The first-order chi connectivity index (χ1) is 13.6. The van der Waals surface area contributed by atoms with Crippen molar-refractivity contribution in [1.29, 1.82) is 5.26 Å². The summed E-state index contributed by atoms with van der Waals surface area (Å²) in [6, 6.07) is 22.4. The molecule has 0 atom stereocenters. The van der Waals surface area contributed by atoms with E-state index in [1.807, 2.05) is 12.1 Å². The molecule has 0 aliphatic carbocycles. The highest BCUT2D eigenvalue weighted by atomic mass is 35.5. The number of nitriles is 1. The van der Waals surface area contributed by atoms with Gasteiger partial charge in [-0.25, -0.2) is 0 Å². The summed E-state index contributed by atoms with van der Waals surface area (Å²) in [4.78, 5) is 25.0. The number of ketones is 1. The third kappa shape index (κ3) is 4.76. The van der Waals surface area contributed by atoms with Gasteiger partial charge in [0.05, 0.1) is 18.2 Å². The molecular weight excluding hydrogens is 374 g/mol. The fraction of sp³-hybridized carbons (Fsp3) is 0.0455. The summed E-state index contributed by atoms with van der Waals surface area (Å²) >= 11 is 6.06. The van der Waals surface area contributed by atoms with Crippen molar-refractivity contribution in [2.45, 2.75) is 0 Å². The average Bonchev–Trinajstić information content (AvgIpc) is 2.73. The van der Waals surface area contributed by atoms with Crippen LogP contribution < -0.4 is 10.6 Å². The normalized spacial score (nSPS) is 10.0. The molecule has 0 heterocycles. The van der Waals surface area contributed by atoms with E-state index in [9.17, 15) is 9.59 Å². The molecule has 0 bridgehead atoms. The van der Waals surface area contributed by atoms with Crippen LogP contribution in [0.3, 0.4) is 0 Å². The van der Waals surface area contributed by atoms with Gasteiger partial charge in [-0.15, -0.1) is 0 Å². The minimum Gasteiger partial charge on any atom is -0.376 e. The van der Waals surface area contributed by atoms with Gasteiger partial charge in [0.25, 0.3) is 0 Å². The summed E-state index contributed by atoms with van der Waals surface area (Å²) in [5.74, 6) is -0.490. The van der Waals surface area contributed by atoms with Crippen LogP contribution in [0.1, 0.15) is 21.5 Å². The number of carbonyl (C=O) groups excluding carboxylic acids is 2. The third-order valence-corrected chi connectivity index (χ3v) is 4.21. The Kier molecular flexibility index (Phi) is 6.05. The lowest BCUT2D eigenvalue weighted by Gasteiger charge is -2.12. The molecule has 0 saturated heterocycles. The Hall–Kier alpha value is -3.62. The van der Waals surface area contributed by atoms with Crippen molar-refractivity contribution in [3.8, 4) is 6.07 Å². The van der Waals surface area contributed by atoms with Crippen LogP contribution in [0.5, 0.6) is 0 Å². The zero-order valence-corrected chi connectivity index (χ0v) is 15.5. The van der Waals surface area contributed by atoms with Gasteiger partial charge in [0.1, 0.15) is 0 Å². The van der Waals surface area contributed by atoms with Crippen LogP contribution in [0, 0.1) is 11.3 Å². The van der Waals surface area contributed by atoms with Crippen LogP contribution in [-0.2, 0) is 4.79 Å². The summed E-state index contributed by atoms with van der Waals surface area (Å²) in [5.41, 5.74) is 2.42.